The first-order valence-corrected chi connectivity index (χ1v) is 9.08. The molecule has 1 saturated heterocycles. The number of aliphatic carboxylic acids is 1. The van der Waals surface area contributed by atoms with Crippen LogP contribution in [0.4, 0.5) is 10.5 Å². The van der Waals surface area contributed by atoms with Crippen molar-refractivity contribution < 1.29 is 24.2 Å². The minimum absolute atomic E-state index is 0.0344. The minimum Gasteiger partial charge on any atom is -0.481 e. The third-order valence-electron chi connectivity index (χ3n) is 5.07. The Kier molecular flexibility index (Phi) is 4.65. The summed E-state index contributed by atoms with van der Waals surface area (Å²) < 4.78 is 7.27. The van der Waals surface area contributed by atoms with Crippen molar-refractivity contribution in [2.45, 2.75) is 71.8 Å². The van der Waals surface area contributed by atoms with Gasteiger partial charge in [-0.15, -0.1) is 0 Å². The molecule has 3 heterocycles. The molecule has 2 aliphatic heterocycles. The van der Waals surface area contributed by atoms with Crippen LogP contribution in [0.15, 0.2) is 6.20 Å². The highest BCUT2D eigenvalue weighted by atomic mass is 16.6. The number of amides is 2. The van der Waals surface area contributed by atoms with Gasteiger partial charge in [0.1, 0.15) is 5.60 Å². The van der Waals surface area contributed by atoms with Gasteiger partial charge in [-0.3, -0.25) is 19.2 Å². The molecule has 0 radical (unpaired) electrons. The van der Waals surface area contributed by atoms with Crippen LogP contribution in [-0.4, -0.2) is 55.4 Å². The normalized spacial score (nSPS) is 25.5. The summed E-state index contributed by atoms with van der Waals surface area (Å²) >= 11 is 0. The summed E-state index contributed by atoms with van der Waals surface area (Å²) in [6.45, 7) is 9.81. The minimum atomic E-state index is -0.983. The van der Waals surface area contributed by atoms with Crippen LogP contribution < -0.4 is 4.90 Å². The van der Waals surface area contributed by atoms with Crippen molar-refractivity contribution in [1.82, 2.24) is 14.7 Å². The lowest BCUT2D eigenvalue weighted by Gasteiger charge is -2.36. The smallest absolute Gasteiger partial charge is 0.410 e. The van der Waals surface area contributed by atoms with Gasteiger partial charge in [-0.2, -0.15) is 5.10 Å². The lowest BCUT2D eigenvalue weighted by Crippen LogP contribution is -2.47. The molecule has 1 aromatic heterocycles. The Hall–Kier alpha value is -2.58. The monoisotopic (exact) mass is 378 g/mol. The van der Waals surface area contributed by atoms with E-state index >= 15 is 0 Å². The largest absolute Gasteiger partial charge is 0.481 e. The van der Waals surface area contributed by atoms with Crippen LogP contribution in [0.3, 0.4) is 0 Å². The molecule has 9 heteroatoms. The van der Waals surface area contributed by atoms with Crippen molar-refractivity contribution in [3.63, 3.8) is 0 Å². The molecule has 0 aromatic carbocycles. The van der Waals surface area contributed by atoms with E-state index < -0.39 is 29.6 Å². The van der Waals surface area contributed by atoms with Crippen molar-refractivity contribution in [1.29, 1.82) is 0 Å². The lowest BCUT2D eigenvalue weighted by molar-refractivity contribution is -0.142. The SMILES string of the molecule is C[C@H]1Cn2ncc(N3C(=O)C[C@H](C(=O)O)[C@@H]3C)c2CN1C(=O)OC(C)(C)C. The van der Waals surface area contributed by atoms with E-state index in [0.717, 1.165) is 0 Å². The van der Waals surface area contributed by atoms with Gasteiger partial charge in [0.25, 0.3) is 0 Å². The number of carboxylic acid groups (broad SMARTS) is 1. The summed E-state index contributed by atoms with van der Waals surface area (Å²) in [4.78, 5) is 39.6. The number of hydrogen-bond acceptors (Lipinski definition) is 5. The Morgan fingerprint density at radius 2 is 1.96 bits per heavy atom. The topological polar surface area (TPSA) is 105 Å². The molecule has 2 amide bonds. The predicted molar refractivity (Wildman–Crippen MR) is 96.2 cm³/mol. The highest BCUT2D eigenvalue weighted by Crippen LogP contribution is 2.35. The Labute approximate surface area is 157 Å². The quantitative estimate of drug-likeness (QED) is 0.842. The molecule has 0 aliphatic carbocycles. The summed E-state index contributed by atoms with van der Waals surface area (Å²) in [7, 11) is 0. The maximum absolute atomic E-state index is 12.6. The van der Waals surface area contributed by atoms with E-state index in [-0.39, 0.29) is 24.9 Å². The molecule has 3 atom stereocenters. The van der Waals surface area contributed by atoms with Gasteiger partial charge in [-0.1, -0.05) is 0 Å². The molecule has 0 bridgehead atoms. The summed E-state index contributed by atoms with van der Waals surface area (Å²) in [6, 6.07) is -0.586. The average Bonchev–Trinajstić information content (AvgIpc) is 3.04. The summed E-state index contributed by atoms with van der Waals surface area (Å²) in [5.74, 6) is -1.98. The number of anilines is 1. The van der Waals surface area contributed by atoms with Crippen LogP contribution in [-0.2, 0) is 27.4 Å². The summed E-state index contributed by atoms with van der Waals surface area (Å²) in [5.41, 5.74) is 0.674. The molecular weight excluding hydrogens is 352 g/mol. The number of fused-ring (bicyclic) bond motifs is 1. The molecule has 1 fully saturated rings. The number of carboxylic acids is 1. The molecule has 0 spiro atoms. The van der Waals surface area contributed by atoms with E-state index in [4.69, 9.17) is 4.74 Å². The number of carbonyl (C=O) groups excluding carboxylic acids is 2. The summed E-state index contributed by atoms with van der Waals surface area (Å²) in [6.07, 6.45) is 1.13. The maximum Gasteiger partial charge on any atom is 0.410 e. The van der Waals surface area contributed by atoms with E-state index in [1.165, 1.54) is 4.90 Å². The molecular formula is C18H26N4O5. The molecule has 9 nitrogen and oxygen atoms in total. The highest BCUT2D eigenvalue weighted by molar-refractivity contribution is 6.00. The van der Waals surface area contributed by atoms with Gasteiger partial charge in [-0.25, -0.2) is 4.79 Å². The van der Waals surface area contributed by atoms with E-state index in [0.29, 0.717) is 17.9 Å². The molecule has 3 rings (SSSR count). The molecule has 1 aromatic rings. The first-order valence-electron chi connectivity index (χ1n) is 9.08. The van der Waals surface area contributed by atoms with Gasteiger partial charge in [0.2, 0.25) is 5.91 Å². The number of carbonyl (C=O) groups is 3. The third-order valence-corrected chi connectivity index (χ3v) is 5.07. The van der Waals surface area contributed by atoms with Crippen molar-refractivity contribution >= 4 is 23.7 Å². The fourth-order valence-electron chi connectivity index (χ4n) is 3.66. The van der Waals surface area contributed by atoms with Crippen LogP contribution in [0.1, 0.15) is 46.7 Å². The van der Waals surface area contributed by atoms with E-state index in [2.05, 4.69) is 5.10 Å². The zero-order valence-corrected chi connectivity index (χ0v) is 16.3. The highest BCUT2D eigenvalue weighted by Gasteiger charge is 2.44. The van der Waals surface area contributed by atoms with Crippen LogP contribution in [0.2, 0.25) is 0 Å². The van der Waals surface area contributed by atoms with E-state index in [9.17, 15) is 19.5 Å². The van der Waals surface area contributed by atoms with Crippen LogP contribution >= 0.6 is 0 Å². The predicted octanol–water partition coefficient (Wildman–Crippen LogP) is 1.85. The third kappa shape index (κ3) is 3.50. The Balaban J connectivity index is 1.89. The van der Waals surface area contributed by atoms with Crippen molar-refractivity contribution in [2.24, 2.45) is 5.92 Å². The number of hydrogen-bond donors (Lipinski definition) is 1. The molecule has 1 N–H and O–H groups in total. The molecule has 27 heavy (non-hydrogen) atoms. The zero-order chi connectivity index (χ0) is 20.1. The Bertz CT molecular complexity index is 781. The van der Waals surface area contributed by atoms with Crippen LogP contribution in [0.25, 0.3) is 0 Å². The fourth-order valence-corrected chi connectivity index (χ4v) is 3.66. The van der Waals surface area contributed by atoms with Crippen LogP contribution in [0, 0.1) is 5.92 Å². The molecule has 0 saturated carbocycles. The second-order valence-corrected chi connectivity index (χ2v) is 8.27. The van der Waals surface area contributed by atoms with Crippen molar-refractivity contribution in [3.05, 3.63) is 11.9 Å². The van der Waals surface area contributed by atoms with E-state index in [1.54, 1.807) is 22.7 Å². The lowest BCUT2D eigenvalue weighted by atomic mass is 10.0. The second-order valence-electron chi connectivity index (χ2n) is 8.27. The number of rotatable bonds is 2. The number of nitrogens with zero attached hydrogens (tertiary/aromatic N) is 4. The fraction of sp³-hybridized carbons (Fsp3) is 0.667. The zero-order valence-electron chi connectivity index (χ0n) is 16.3. The maximum atomic E-state index is 12.6. The first kappa shape index (κ1) is 19.2. The molecule has 2 aliphatic rings. The van der Waals surface area contributed by atoms with E-state index in [1.807, 2.05) is 27.7 Å². The molecule has 0 unspecified atom stereocenters. The van der Waals surface area contributed by atoms with Gasteiger partial charge in [0.15, 0.2) is 0 Å². The standard InChI is InChI=1S/C18H26N4O5/c1-10-8-21-14(9-20(10)17(26)27-18(3,4)5)13(7-19-21)22-11(2)12(16(24)25)6-15(22)23/h7,10-12H,6,8-9H2,1-5H3,(H,24,25)/t10-,11-,12-/m0/s1. The van der Waals surface area contributed by atoms with Gasteiger partial charge in [-0.05, 0) is 34.6 Å². The first-order chi connectivity index (χ1) is 12.5. The Morgan fingerprint density at radius 3 is 2.52 bits per heavy atom. The van der Waals surface area contributed by atoms with Crippen molar-refractivity contribution in [3.8, 4) is 0 Å². The number of aromatic nitrogens is 2. The van der Waals surface area contributed by atoms with Gasteiger partial charge in [0, 0.05) is 12.5 Å². The summed E-state index contributed by atoms with van der Waals surface area (Å²) in [5, 5.41) is 13.7. The average molecular weight is 378 g/mol. The Morgan fingerprint density at radius 1 is 1.30 bits per heavy atom. The van der Waals surface area contributed by atoms with Gasteiger partial charge >= 0.3 is 12.1 Å². The van der Waals surface area contributed by atoms with Crippen molar-refractivity contribution in [2.75, 3.05) is 4.90 Å². The van der Waals surface area contributed by atoms with Crippen LogP contribution in [0.5, 0.6) is 0 Å². The number of ether oxygens (including phenoxy) is 1. The molecule has 148 valence electrons. The second kappa shape index (κ2) is 6.54. The van der Waals surface area contributed by atoms with Gasteiger partial charge in [0.05, 0.1) is 42.6 Å². The van der Waals surface area contributed by atoms with Gasteiger partial charge < -0.3 is 14.7 Å².